The van der Waals surface area contributed by atoms with E-state index in [1.54, 1.807) is 25.3 Å². The first-order valence-corrected chi connectivity index (χ1v) is 7.20. The second-order valence-electron chi connectivity index (χ2n) is 5.85. The topological polar surface area (TPSA) is 92.3 Å². The van der Waals surface area contributed by atoms with Crippen molar-refractivity contribution >= 4 is 17.6 Å². The van der Waals surface area contributed by atoms with Crippen molar-refractivity contribution in [2.45, 2.75) is 46.2 Å². The number of nitrogens with one attached hydrogen (secondary N) is 3. The fraction of sp³-hybridized carbons (Fsp3) is 0.533. The van der Waals surface area contributed by atoms with Crippen LogP contribution in [-0.2, 0) is 4.79 Å². The molecule has 0 aromatic carbocycles. The zero-order valence-corrected chi connectivity index (χ0v) is 13.7. The maximum Gasteiger partial charge on any atom is 0.320 e. The van der Waals surface area contributed by atoms with E-state index in [0.29, 0.717) is 18.2 Å². The van der Waals surface area contributed by atoms with Gasteiger partial charge in [0.2, 0.25) is 11.8 Å². The van der Waals surface area contributed by atoms with E-state index in [9.17, 15) is 9.59 Å². The highest BCUT2D eigenvalue weighted by Gasteiger charge is 2.21. The van der Waals surface area contributed by atoms with Crippen LogP contribution in [0.25, 0.3) is 0 Å². The number of carbonyl (C=O) groups excluding carboxylic acids is 2. The monoisotopic (exact) mass is 308 g/mol. The molecule has 7 nitrogen and oxygen atoms in total. The lowest BCUT2D eigenvalue weighted by Crippen LogP contribution is -2.51. The van der Waals surface area contributed by atoms with E-state index in [2.05, 4.69) is 20.9 Å². The third kappa shape index (κ3) is 5.99. The van der Waals surface area contributed by atoms with Crippen molar-refractivity contribution in [2.75, 3.05) is 11.9 Å². The summed E-state index contributed by atoms with van der Waals surface area (Å²) in [6.45, 7) is 9.52. The Labute approximate surface area is 130 Å². The summed E-state index contributed by atoms with van der Waals surface area (Å²) in [6, 6.07) is 2.21. The van der Waals surface area contributed by atoms with Gasteiger partial charge >= 0.3 is 6.03 Å². The van der Waals surface area contributed by atoms with Crippen molar-refractivity contribution in [3.8, 4) is 5.88 Å². The quantitative estimate of drug-likeness (QED) is 0.774. The first-order valence-electron chi connectivity index (χ1n) is 7.20. The highest BCUT2D eigenvalue weighted by molar-refractivity contribution is 5.94. The molecule has 0 aliphatic carbocycles. The van der Waals surface area contributed by atoms with Crippen molar-refractivity contribution in [3.63, 3.8) is 0 Å². The summed E-state index contributed by atoms with van der Waals surface area (Å²) >= 11 is 0. The average Bonchev–Trinajstić information content (AvgIpc) is 2.39. The Morgan fingerprint density at radius 2 is 2.05 bits per heavy atom. The average molecular weight is 308 g/mol. The largest absolute Gasteiger partial charge is 0.476 e. The van der Waals surface area contributed by atoms with Crippen molar-refractivity contribution in [2.24, 2.45) is 0 Å². The third-order valence-corrected chi connectivity index (χ3v) is 2.54. The van der Waals surface area contributed by atoms with Gasteiger partial charge in [-0.2, -0.15) is 0 Å². The standard InChI is InChI=1S/C15H24N4O3/c1-6-22-13-11(8-7-9-16-13)18-14(21)17-10(2)12(20)19-15(3,4)5/h7-10H,6H2,1-5H3,(H,19,20)(H2,17,18,21). The number of urea groups is 1. The number of amides is 3. The molecule has 0 saturated carbocycles. The molecule has 1 aromatic rings. The van der Waals surface area contributed by atoms with Gasteiger partial charge in [0.05, 0.1) is 6.61 Å². The molecule has 1 aromatic heterocycles. The number of hydrogen-bond donors (Lipinski definition) is 3. The molecule has 0 spiro atoms. The highest BCUT2D eigenvalue weighted by Crippen LogP contribution is 2.20. The van der Waals surface area contributed by atoms with Crippen LogP contribution in [0.5, 0.6) is 5.88 Å². The number of pyridine rings is 1. The molecular formula is C15H24N4O3. The molecule has 22 heavy (non-hydrogen) atoms. The van der Waals surface area contributed by atoms with Gasteiger partial charge in [-0.25, -0.2) is 9.78 Å². The Bertz CT molecular complexity index is 526. The van der Waals surface area contributed by atoms with Gasteiger partial charge in [0, 0.05) is 11.7 Å². The van der Waals surface area contributed by atoms with Gasteiger partial charge in [-0.3, -0.25) is 4.79 Å². The fourth-order valence-corrected chi connectivity index (χ4v) is 1.64. The lowest BCUT2D eigenvalue weighted by atomic mass is 10.1. The van der Waals surface area contributed by atoms with Crippen LogP contribution in [0, 0.1) is 0 Å². The Morgan fingerprint density at radius 3 is 2.64 bits per heavy atom. The van der Waals surface area contributed by atoms with Crippen LogP contribution in [0.15, 0.2) is 18.3 Å². The Kier molecular flexibility index (Phi) is 6.15. The molecular weight excluding hydrogens is 284 g/mol. The van der Waals surface area contributed by atoms with Gasteiger partial charge < -0.3 is 20.7 Å². The molecule has 0 radical (unpaired) electrons. The maximum absolute atomic E-state index is 12.0. The second-order valence-corrected chi connectivity index (χ2v) is 5.85. The first-order chi connectivity index (χ1) is 10.2. The van der Waals surface area contributed by atoms with Gasteiger partial charge in [0.15, 0.2) is 0 Å². The summed E-state index contributed by atoms with van der Waals surface area (Å²) in [6.07, 6.45) is 1.58. The number of carbonyl (C=O) groups is 2. The van der Waals surface area contributed by atoms with Gasteiger partial charge in [0.25, 0.3) is 0 Å². The van der Waals surface area contributed by atoms with Crippen molar-refractivity contribution in [1.82, 2.24) is 15.6 Å². The lowest BCUT2D eigenvalue weighted by Gasteiger charge is -2.23. The maximum atomic E-state index is 12.0. The van der Waals surface area contributed by atoms with Gasteiger partial charge in [-0.15, -0.1) is 0 Å². The summed E-state index contributed by atoms with van der Waals surface area (Å²) in [5, 5.41) is 8.00. The van der Waals surface area contributed by atoms with Crippen LogP contribution < -0.4 is 20.7 Å². The molecule has 0 fully saturated rings. The predicted molar refractivity (Wildman–Crippen MR) is 84.9 cm³/mol. The van der Waals surface area contributed by atoms with Gasteiger partial charge in [-0.05, 0) is 46.8 Å². The molecule has 3 amide bonds. The summed E-state index contributed by atoms with van der Waals surface area (Å²) in [4.78, 5) is 27.9. The molecule has 0 aliphatic heterocycles. The fourth-order valence-electron chi connectivity index (χ4n) is 1.64. The molecule has 0 bridgehead atoms. The van der Waals surface area contributed by atoms with E-state index in [1.165, 1.54) is 0 Å². The number of ether oxygens (including phenoxy) is 1. The van der Waals surface area contributed by atoms with E-state index in [1.807, 2.05) is 27.7 Å². The van der Waals surface area contributed by atoms with E-state index < -0.39 is 12.1 Å². The van der Waals surface area contributed by atoms with Crippen molar-refractivity contribution in [3.05, 3.63) is 18.3 Å². The number of anilines is 1. The van der Waals surface area contributed by atoms with Crippen molar-refractivity contribution < 1.29 is 14.3 Å². The Balaban J connectivity index is 2.61. The number of nitrogens with zero attached hydrogens (tertiary/aromatic N) is 1. The van der Waals surface area contributed by atoms with Gasteiger partial charge in [0.1, 0.15) is 11.7 Å². The summed E-state index contributed by atoms with van der Waals surface area (Å²) in [5.41, 5.74) is 0.0971. The SMILES string of the molecule is CCOc1ncccc1NC(=O)NC(C)C(=O)NC(C)(C)C. The summed E-state index contributed by atoms with van der Waals surface area (Å²) in [7, 11) is 0. The number of hydrogen-bond acceptors (Lipinski definition) is 4. The highest BCUT2D eigenvalue weighted by atomic mass is 16.5. The molecule has 7 heteroatoms. The summed E-state index contributed by atoms with van der Waals surface area (Å²) < 4.78 is 5.32. The van der Waals surface area contributed by atoms with Crippen LogP contribution in [-0.4, -0.2) is 35.1 Å². The van der Waals surface area contributed by atoms with Crippen molar-refractivity contribution in [1.29, 1.82) is 0 Å². The number of aromatic nitrogens is 1. The van der Waals surface area contributed by atoms with E-state index in [-0.39, 0.29) is 11.4 Å². The normalized spacial score (nSPS) is 12.2. The third-order valence-electron chi connectivity index (χ3n) is 2.54. The zero-order chi connectivity index (χ0) is 16.8. The molecule has 1 rings (SSSR count). The summed E-state index contributed by atoms with van der Waals surface area (Å²) in [5.74, 6) is 0.0887. The molecule has 1 atom stereocenters. The van der Waals surface area contributed by atoms with Crippen LogP contribution in [0.2, 0.25) is 0 Å². The predicted octanol–water partition coefficient (Wildman–Crippen LogP) is 1.90. The second kappa shape index (κ2) is 7.63. The molecule has 122 valence electrons. The van der Waals surface area contributed by atoms with Crippen LogP contribution >= 0.6 is 0 Å². The molecule has 0 aliphatic rings. The van der Waals surface area contributed by atoms with E-state index in [0.717, 1.165) is 0 Å². The van der Waals surface area contributed by atoms with E-state index in [4.69, 9.17) is 4.74 Å². The molecule has 0 saturated heterocycles. The van der Waals surface area contributed by atoms with E-state index >= 15 is 0 Å². The van der Waals surface area contributed by atoms with Crippen LogP contribution in [0.3, 0.4) is 0 Å². The molecule has 1 heterocycles. The molecule has 3 N–H and O–H groups in total. The first kappa shape index (κ1) is 17.7. The molecule has 1 unspecified atom stereocenters. The minimum absolute atomic E-state index is 0.251. The smallest absolute Gasteiger partial charge is 0.320 e. The minimum Gasteiger partial charge on any atom is -0.476 e. The Hall–Kier alpha value is -2.31. The Morgan fingerprint density at radius 1 is 1.36 bits per heavy atom. The minimum atomic E-state index is -0.661. The van der Waals surface area contributed by atoms with Crippen LogP contribution in [0.4, 0.5) is 10.5 Å². The van der Waals surface area contributed by atoms with Crippen LogP contribution in [0.1, 0.15) is 34.6 Å². The zero-order valence-electron chi connectivity index (χ0n) is 13.7. The number of rotatable bonds is 5. The van der Waals surface area contributed by atoms with Gasteiger partial charge in [-0.1, -0.05) is 0 Å². The lowest BCUT2D eigenvalue weighted by molar-refractivity contribution is -0.123.